The summed E-state index contributed by atoms with van der Waals surface area (Å²) in [5.41, 5.74) is 0. The van der Waals surface area contributed by atoms with Crippen molar-refractivity contribution >= 4 is 16.0 Å². The van der Waals surface area contributed by atoms with Crippen molar-refractivity contribution in [2.75, 3.05) is 13.7 Å². The van der Waals surface area contributed by atoms with E-state index >= 15 is 0 Å². The molecule has 0 unspecified atom stereocenters. The number of nitrogens with one attached hydrogen (secondary N) is 1. The van der Waals surface area contributed by atoms with Gasteiger partial charge in [0.25, 0.3) is 0 Å². The SMILES string of the molecule is COC(=O)CCNS(=O)(=O)c1ccccc1OC(F)(F)F. The summed E-state index contributed by atoms with van der Waals surface area (Å²) in [5.74, 6) is -1.51. The Kier molecular flexibility index (Phi) is 5.55. The van der Waals surface area contributed by atoms with E-state index in [4.69, 9.17) is 0 Å². The number of hydrogen-bond donors (Lipinski definition) is 1. The van der Waals surface area contributed by atoms with Crippen molar-refractivity contribution in [3.05, 3.63) is 24.3 Å². The van der Waals surface area contributed by atoms with Crippen molar-refractivity contribution in [2.45, 2.75) is 17.7 Å². The van der Waals surface area contributed by atoms with Gasteiger partial charge in [-0.3, -0.25) is 4.79 Å². The van der Waals surface area contributed by atoms with Gasteiger partial charge in [-0.05, 0) is 12.1 Å². The predicted octanol–water partition coefficient (Wildman–Crippen LogP) is 1.43. The second-order valence-corrected chi connectivity index (χ2v) is 5.45. The first-order valence-electron chi connectivity index (χ1n) is 5.57. The molecule has 10 heteroatoms. The maximum atomic E-state index is 12.2. The molecule has 0 aromatic heterocycles. The monoisotopic (exact) mass is 327 g/mol. The van der Waals surface area contributed by atoms with E-state index in [0.717, 1.165) is 19.2 Å². The van der Waals surface area contributed by atoms with Crippen molar-refractivity contribution in [1.29, 1.82) is 0 Å². The Morgan fingerprint density at radius 2 is 1.90 bits per heavy atom. The van der Waals surface area contributed by atoms with Crippen LogP contribution in [0.1, 0.15) is 6.42 Å². The van der Waals surface area contributed by atoms with Gasteiger partial charge in [0, 0.05) is 6.54 Å². The van der Waals surface area contributed by atoms with Gasteiger partial charge in [-0.25, -0.2) is 13.1 Å². The molecule has 1 aromatic carbocycles. The lowest BCUT2D eigenvalue weighted by atomic mass is 10.3. The van der Waals surface area contributed by atoms with Crippen molar-refractivity contribution < 1.29 is 35.9 Å². The van der Waals surface area contributed by atoms with E-state index in [1.807, 2.05) is 4.72 Å². The number of carbonyl (C=O) groups excluding carboxylic acids is 1. The second-order valence-electron chi connectivity index (χ2n) is 3.72. The zero-order chi connectivity index (χ0) is 16.1. The van der Waals surface area contributed by atoms with Gasteiger partial charge in [-0.1, -0.05) is 12.1 Å². The molecule has 0 saturated heterocycles. The maximum Gasteiger partial charge on any atom is 0.573 e. The molecule has 0 atom stereocenters. The zero-order valence-electron chi connectivity index (χ0n) is 10.8. The Morgan fingerprint density at radius 1 is 1.29 bits per heavy atom. The first kappa shape index (κ1) is 17.2. The van der Waals surface area contributed by atoms with E-state index in [-0.39, 0.29) is 13.0 Å². The van der Waals surface area contributed by atoms with Crippen LogP contribution in [0.25, 0.3) is 0 Å². The van der Waals surface area contributed by atoms with Crippen molar-refractivity contribution in [1.82, 2.24) is 4.72 Å². The first-order chi connectivity index (χ1) is 9.65. The number of hydrogen-bond acceptors (Lipinski definition) is 5. The van der Waals surface area contributed by atoms with Crippen LogP contribution in [0.4, 0.5) is 13.2 Å². The van der Waals surface area contributed by atoms with Gasteiger partial charge >= 0.3 is 12.3 Å². The van der Waals surface area contributed by atoms with Crippen molar-refractivity contribution in [3.63, 3.8) is 0 Å². The molecule has 0 bridgehead atoms. The molecule has 21 heavy (non-hydrogen) atoms. The lowest BCUT2D eigenvalue weighted by molar-refractivity contribution is -0.275. The highest BCUT2D eigenvalue weighted by Crippen LogP contribution is 2.29. The maximum absolute atomic E-state index is 12.2. The summed E-state index contributed by atoms with van der Waals surface area (Å²) in [6.07, 6.45) is -5.27. The molecule has 0 radical (unpaired) electrons. The number of carbonyl (C=O) groups is 1. The summed E-state index contributed by atoms with van der Waals surface area (Å²) in [7, 11) is -3.12. The first-order valence-corrected chi connectivity index (χ1v) is 7.05. The zero-order valence-corrected chi connectivity index (χ0v) is 11.6. The van der Waals surface area contributed by atoms with Gasteiger partial charge in [-0.15, -0.1) is 13.2 Å². The highest BCUT2D eigenvalue weighted by molar-refractivity contribution is 7.89. The highest BCUT2D eigenvalue weighted by Gasteiger charge is 2.33. The van der Waals surface area contributed by atoms with Crippen LogP contribution in [0.5, 0.6) is 5.75 Å². The van der Waals surface area contributed by atoms with E-state index in [1.165, 1.54) is 12.1 Å². The number of ether oxygens (including phenoxy) is 2. The largest absolute Gasteiger partial charge is 0.573 e. The third kappa shape index (κ3) is 5.60. The Morgan fingerprint density at radius 3 is 2.48 bits per heavy atom. The van der Waals surface area contributed by atoms with Gasteiger partial charge < -0.3 is 9.47 Å². The van der Waals surface area contributed by atoms with Crippen LogP contribution in [0.3, 0.4) is 0 Å². The highest BCUT2D eigenvalue weighted by atomic mass is 32.2. The van der Waals surface area contributed by atoms with Crippen molar-refractivity contribution in [2.24, 2.45) is 0 Å². The van der Waals surface area contributed by atoms with Crippen LogP contribution in [0, 0.1) is 0 Å². The van der Waals surface area contributed by atoms with E-state index in [9.17, 15) is 26.4 Å². The van der Waals surface area contributed by atoms with Gasteiger partial charge in [0.15, 0.2) is 0 Å². The van der Waals surface area contributed by atoms with E-state index in [2.05, 4.69) is 9.47 Å². The summed E-state index contributed by atoms with van der Waals surface area (Å²) in [6.45, 7) is -0.310. The summed E-state index contributed by atoms with van der Waals surface area (Å²) in [4.78, 5) is 10.2. The molecule has 1 rings (SSSR count). The number of rotatable bonds is 6. The quantitative estimate of drug-likeness (QED) is 0.799. The topological polar surface area (TPSA) is 81.7 Å². The minimum atomic E-state index is -5.02. The molecule has 0 aliphatic rings. The minimum Gasteiger partial charge on any atom is -0.469 e. The Labute approximate surface area is 118 Å². The van der Waals surface area contributed by atoms with Gasteiger partial charge in [0.2, 0.25) is 10.0 Å². The second kappa shape index (κ2) is 6.76. The molecule has 0 aliphatic carbocycles. The molecule has 0 amide bonds. The van der Waals surface area contributed by atoms with Crippen LogP contribution >= 0.6 is 0 Å². The fraction of sp³-hybridized carbons (Fsp3) is 0.364. The van der Waals surface area contributed by atoms with Crippen LogP contribution in [-0.4, -0.2) is 34.4 Å². The van der Waals surface area contributed by atoms with Gasteiger partial charge in [0.05, 0.1) is 13.5 Å². The summed E-state index contributed by atoms with van der Waals surface area (Å²) in [5, 5.41) is 0. The molecule has 1 N–H and O–H groups in total. The number of benzene rings is 1. The molecular formula is C11H12F3NO5S. The number of methoxy groups -OCH3 is 1. The van der Waals surface area contributed by atoms with E-state index < -0.39 is 33.0 Å². The number of esters is 1. The lowest BCUT2D eigenvalue weighted by Crippen LogP contribution is -2.28. The summed E-state index contributed by atoms with van der Waals surface area (Å²) >= 11 is 0. The lowest BCUT2D eigenvalue weighted by Gasteiger charge is -2.13. The van der Waals surface area contributed by atoms with Gasteiger partial charge in [0.1, 0.15) is 10.6 Å². The summed E-state index contributed by atoms with van der Waals surface area (Å²) < 4.78 is 70.4. The van der Waals surface area contributed by atoms with Crippen LogP contribution in [-0.2, 0) is 19.6 Å². The minimum absolute atomic E-state index is 0.252. The molecule has 1 aromatic rings. The summed E-state index contributed by atoms with van der Waals surface area (Å²) in [6, 6.07) is 4.29. The Balaban J connectivity index is 2.90. The average Bonchev–Trinajstić information content (AvgIpc) is 2.36. The smallest absolute Gasteiger partial charge is 0.469 e. The van der Waals surface area contributed by atoms with E-state index in [1.54, 1.807) is 0 Å². The third-order valence-electron chi connectivity index (χ3n) is 2.21. The molecule has 6 nitrogen and oxygen atoms in total. The number of para-hydroxylation sites is 1. The molecule has 0 saturated carbocycles. The standard InChI is InChI=1S/C11H12F3NO5S/c1-19-10(16)6-7-15-21(17,18)9-5-3-2-4-8(9)20-11(12,13)14/h2-5,15H,6-7H2,1H3. The van der Waals surface area contributed by atoms with Crippen LogP contribution in [0.15, 0.2) is 29.2 Å². The van der Waals surface area contributed by atoms with Crippen LogP contribution in [0.2, 0.25) is 0 Å². The Bertz CT molecular complexity index is 600. The predicted molar refractivity (Wildman–Crippen MR) is 64.9 cm³/mol. The van der Waals surface area contributed by atoms with Gasteiger partial charge in [-0.2, -0.15) is 0 Å². The van der Waals surface area contributed by atoms with Crippen molar-refractivity contribution in [3.8, 4) is 5.75 Å². The molecular weight excluding hydrogens is 315 g/mol. The molecule has 0 heterocycles. The number of alkyl halides is 3. The van der Waals surface area contributed by atoms with E-state index in [0.29, 0.717) is 0 Å². The number of halogens is 3. The molecule has 118 valence electrons. The normalized spacial score (nSPS) is 12.0. The Hall–Kier alpha value is -1.81. The molecule has 0 fully saturated rings. The fourth-order valence-corrected chi connectivity index (χ4v) is 2.51. The average molecular weight is 327 g/mol. The molecule has 0 aliphatic heterocycles. The number of sulfonamides is 1. The van der Waals surface area contributed by atoms with Crippen LogP contribution < -0.4 is 9.46 Å². The third-order valence-corrected chi connectivity index (χ3v) is 3.71. The fourth-order valence-electron chi connectivity index (χ4n) is 1.35. The molecule has 0 spiro atoms.